The summed E-state index contributed by atoms with van der Waals surface area (Å²) in [6, 6.07) is 5.69. The van der Waals surface area contributed by atoms with Crippen LogP contribution in [0.5, 0.6) is 5.75 Å². The van der Waals surface area contributed by atoms with Crippen molar-refractivity contribution in [1.82, 2.24) is 0 Å². The number of benzene rings is 1. The van der Waals surface area contributed by atoms with E-state index in [-0.39, 0.29) is 12.2 Å². The van der Waals surface area contributed by atoms with Gasteiger partial charge in [0.05, 0.1) is 13.7 Å². The van der Waals surface area contributed by atoms with Gasteiger partial charge in [0.2, 0.25) is 0 Å². The first-order valence-corrected chi connectivity index (χ1v) is 7.06. The Morgan fingerprint density at radius 1 is 1.36 bits per heavy atom. The number of carbonyl (C=O) groups is 1. The molecule has 1 aromatic rings. The average Bonchev–Trinajstić information content (AvgIpc) is 2.45. The van der Waals surface area contributed by atoms with Crippen LogP contribution >= 0.6 is 11.8 Å². The number of halogens is 3. The summed E-state index contributed by atoms with van der Waals surface area (Å²) < 4.78 is 46.6. The Hall–Kier alpha value is -1.85. The van der Waals surface area contributed by atoms with Crippen LogP contribution in [0.3, 0.4) is 0 Å². The molecule has 0 aliphatic rings. The molecule has 0 aliphatic heterocycles. The first kappa shape index (κ1) is 18.2. The van der Waals surface area contributed by atoms with Crippen LogP contribution in [-0.2, 0) is 14.3 Å². The molecule has 22 heavy (non-hydrogen) atoms. The second kappa shape index (κ2) is 7.42. The van der Waals surface area contributed by atoms with E-state index in [2.05, 4.69) is 12.3 Å². The standard InChI is InChI=1S/C15H15F3O3S/c1-4-10-14(13(19)21-5-2,22-15(16,17)18)11-6-8-12(20-3)9-7-11/h6-10H,1,5H2,2-3H3. The molecule has 0 fully saturated rings. The predicted octanol–water partition coefficient (Wildman–Crippen LogP) is 4.05. The van der Waals surface area contributed by atoms with Crippen LogP contribution in [-0.4, -0.2) is 25.2 Å². The molecule has 7 heteroatoms. The summed E-state index contributed by atoms with van der Waals surface area (Å²) in [4.78, 5) is 12.2. The predicted molar refractivity (Wildman–Crippen MR) is 78.7 cm³/mol. The molecule has 120 valence electrons. The second-order valence-corrected chi connectivity index (χ2v) is 5.39. The lowest BCUT2D eigenvalue weighted by Crippen LogP contribution is -2.35. The molecule has 0 radical (unpaired) electrons. The molecule has 3 nitrogen and oxygen atoms in total. The average molecular weight is 332 g/mol. The summed E-state index contributed by atoms with van der Waals surface area (Å²) in [5.74, 6) is -0.570. The smallest absolute Gasteiger partial charge is 0.443 e. The van der Waals surface area contributed by atoms with Crippen molar-refractivity contribution in [2.75, 3.05) is 13.7 Å². The Labute approximate surface area is 130 Å². The summed E-state index contributed by atoms with van der Waals surface area (Å²) in [5.41, 5.74) is -2.28. The zero-order valence-corrected chi connectivity index (χ0v) is 12.9. The largest absolute Gasteiger partial charge is 0.497 e. The molecule has 0 amide bonds. The molecule has 1 rings (SSSR count). The molecule has 1 unspecified atom stereocenters. The number of thioether (sulfide) groups is 1. The highest BCUT2D eigenvalue weighted by Crippen LogP contribution is 2.48. The molecule has 0 N–H and O–H groups in total. The third-order valence-electron chi connectivity index (χ3n) is 2.68. The quantitative estimate of drug-likeness (QED) is 0.582. The summed E-state index contributed by atoms with van der Waals surface area (Å²) in [6.45, 7) is 4.76. The van der Waals surface area contributed by atoms with Gasteiger partial charge in [-0.3, -0.25) is 0 Å². The number of esters is 1. The fraction of sp³-hybridized carbons (Fsp3) is 0.333. The Morgan fingerprint density at radius 3 is 2.36 bits per heavy atom. The highest BCUT2D eigenvalue weighted by molar-refractivity contribution is 8.01. The van der Waals surface area contributed by atoms with E-state index in [9.17, 15) is 18.0 Å². The number of carbonyl (C=O) groups excluding carboxylic acids is 1. The Kier molecular flexibility index (Phi) is 6.14. The summed E-state index contributed by atoms with van der Waals surface area (Å²) in [5, 5.41) is 0. The van der Waals surface area contributed by atoms with Crippen LogP contribution in [0.25, 0.3) is 0 Å². The number of methoxy groups -OCH3 is 1. The van der Waals surface area contributed by atoms with Crippen molar-refractivity contribution in [1.29, 1.82) is 0 Å². The number of hydrogen-bond acceptors (Lipinski definition) is 4. The van der Waals surface area contributed by atoms with Gasteiger partial charge >= 0.3 is 11.5 Å². The van der Waals surface area contributed by atoms with Gasteiger partial charge in [-0.2, -0.15) is 13.2 Å². The van der Waals surface area contributed by atoms with Crippen LogP contribution in [0.4, 0.5) is 13.2 Å². The van der Waals surface area contributed by atoms with Gasteiger partial charge in [-0.1, -0.05) is 18.7 Å². The molecule has 0 aliphatic carbocycles. The van der Waals surface area contributed by atoms with Gasteiger partial charge in [0, 0.05) is 0 Å². The number of alkyl halides is 3. The van der Waals surface area contributed by atoms with Crippen molar-refractivity contribution in [2.45, 2.75) is 17.2 Å². The van der Waals surface area contributed by atoms with Crippen LogP contribution in [0.2, 0.25) is 0 Å². The maximum atomic E-state index is 13.0. The molecule has 0 spiro atoms. The highest BCUT2D eigenvalue weighted by Gasteiger charge is 2.49. The minimum atomic E-state index is -4.65. The minimum absolute atomic E-state index is 0.0415. The Bertz CT molecular complexity index is 562. The van der Waals surface area contributed by atoms with Crippen molar-refractivity contribution < 1.29 is 27.4 Å². The minimum Gasteiger partial charge on any atom is -0.497 e. The lowest BCUT2D eigenvalue weighted by atomic mass is 9.97. The molecule has 1 atom stereocenters. The van der Waals surface area contributed by atoms with Crippen LogP contribution in [0, 0.1) is 0 Å². The fourth-order valence-electron chi connectivity index (χ4n) is 1.79. The summed E-state index contributed by atoms with van der Waals surface area (Å²) in [7, 11) is 1.43. The van der Waals surface area contributed by atoms with Crippen molar-refractivity contribution in [2.24, 2.45) is 0 Å². The normalized spacial score (nSPS) is 13.7. The van der Waals surface area contributed by atoms with E-state index in [0.717, 1.165) is 6.08 Å². The molecule has 0 saturated carbocycles. The lowest BCUT2D eigenvalue weighted by Gasteiger charge is -2.28. The van der Waals surface area contributed by atoms with E-state index >= 15 is 0 Å². The van der Waals surface area contributed by atoms with Crippen molar-refractivity contribution in [3.8, 4) is 5.75 Å². The zero-order valence-electron chi connectivity index (χ0n) is 12.1. The Morgan fingerprint density at radius 2 is 1.95 bits per heavy atom. The number of ether oxygens (including phenoxy) is 2. The van der Waals surface area contributed by atoms with E-state index < -0.39 is 28.0 Å². The molecular formula is C15H15F3O3S. The molecule has 0 aromatic heterocycles. The van der Waals surface area contributed by atoms with E-state index in [1.807, 2.05) is 0 Å². The van der Waals surface area contributed by atoms with Gasteiger partial charge in [0.1, 0.15) is 5.75 Å². The third kappa shape index (κ3) is 4.32. The lowest BCUT2D eigenvalue weighted by molar-refractivity contribution is -0.145. The highest BCUT2D eigenvalue weighted by atomic mass is 32.2. The second-order valence-electron chi connectivity index (χ2n) is 4.08. The molecule has 0 saturated heterocycles. The third-order valence-corrected chi connectivity index (χ3v) is 3.75. The van der Waals surface area contributed by atoms with E-state index in [0.29, 0.717) is 5.75 Å². The molecule has 0 heterocycles. The zero-order chi connectivity index (χ0) is 16.8. The molecule has 1 aromatic carbocycles. The van der Waals surface area contributed by atoms with E-state index in [4.69, 9.17) is 9.47 Å². The van der Waals surface area contributed by atoms with Crippen LogP contribution < -0.4 is 4.74 Å². The summed E-state index contributed by atoms with van der Waals surface area (Å²) >= 11 is -0.485. The first-order chi connectivity index (χ1) is 10.3. The van der Waals surface area contributed by atoms with Gasteiger partial charge in [0.15, 0.2) is 4.75 Å². The van der Waals surface area contributed by atoms with Crippen LogP contribution in [0.1, 0.15) is 12.5 Å². The SMILES string of the molecule is C=C=CC(SC(F)(F)F)(C(=O)OCC)c1ccc(OC)cc1. The first-order valence-electron chi connectivity index (χ1n) is 6.24. The number of hydrogen-bond donors (Lipinski definition) is 0. The van der Waals surface area contributed by atoms with Gasteiger partial charge in [0.25, 0.3) is 0 Å². The number of rotatable bonds is 6. The van der Waals surface area contributed by atoms with Gasteiger partial charge in [-0.05, 0) is 42.5 Å². The monoisotopic (exact) mass is 332 g/mol. The van der Waals surface area contributed by atoms with Crippen molar-refractivity contribution in [3.63, 3.8) is 0 Å². The maximum Gasteiger partial charge on any atom is 0.443 e. The van der Waals surface area contributed by atoms with E-state index in [1.54, 1.807) is 0 Å². The van der Waals surface area contributed by atoms with E-state index in [1.165, 1.54) is 38.3 Å². The van der Waals surface area contributed by atoms with Gasteiger partial charge in [-0.15, -0.1) is 5.73 Å². The maximum absolute atomic E-state index is 13.0. The van der Waals surface area contributed by atoms with Crippen molar-refractivity contribution in [3.05, 3.63) is 48.2 Å². The Balaban J connectivity index is 3.45. The summed E-state index contributed by atoms with van der Waals surface area (Å²) in [6.07, 6.45) is 0.963. The van der Waals surface area contributed by atoms with Gasteiger partial charge in [-0.25, -0.2) is 4.79 Å². The fourth-order valence-corrected chi connectivity index (χ4v) is 2.70. The topological polar surface area (TPSA) is 35.5 Å². The van der Waals surface area contributed by atoms with Crippen LogP contribution in [0.15, 0.2) is 42.7 Å². The molecule has 0 bridgehead atoms. The molecular weight excluding hydrogens is 317 g/mol. The van der Waals surface area contributed by atoms with Crippen molar-refractivity contribution >= 4 is 17.7 Å². The van der Waals surface area contributed by atoms with Gasteiger partial charge < -0.3 is 9.47 Å².